The van der Waals surface area contributed by atoms with Crippen molar-refractivity contribution in [2.24, 2.45) is 0 Å². The van der Waals surface area contributed by atoms with Gasteiger partial charge in [-0.05, 0) is 60.7 Å². The van der Waals surface area contributed by atoms with Crippen LogP contribution >= 0.6 is 11.6 Å². The van der Waals surface area contributed by atoms with Crippen LogP contribution in [0.5, 0.6) is 17.2 Å². The van der Waals surface area contributed by atoms with Gasteiger partial charge >= 0.3 is 5.97 Å². The van der Waals surface area contributed by atoms with Gasteiger partial charge in [0.1, 0.15) is 11.6 Å². The molecule has 0 spiro atoms. The lowest BCUT2D eigenvalue weighted by atomic mass is 9.89. The van der Waals surface area contributed by atoms with Crippen LogP contribution in [0.25, 0.3) is 33.0 Å². The molecule has 0 fully saturated rings. The van der Waals surface area contributed by atoms with Crippen LogP contribution < -0.4 is 14.2 Å². The number of esters is 1. The number of rotatable bonds is 7. The molecule has 0 bridgehead atoms. The van der Waals surface area contributed by atoms with Crippen molar-refractivity contribution >= 4 is 28.3 Å². The summed E-state index contributed by atoms with van der Waals surface area (Å²) in [4.78, 5) is 12.0. The van der Waals surface area contributed by atoms with Crippen molar-refractivity contribution in [3.8, 4) is 39.5 Å². The first-order valence-corrected chi connectivity index (χ1v) is 11.5. The van der Waals surface area contributed by atoms with Gasteiger partial charge in [0.05, 0.1) is 18.2 Å². The highest BCUT2D eigenvalue weighted by Gasteiger charge is 2.28. The number of carbonyl (C=O) groups excluding carboxylic acids is 1. The van der Waals surface area contributed by atoms with Crippen LogP contribution in [0.2, 0.25) is 5.02 Å². The molecule has 0 aliphatic heterocycles. The molecule has 0 aliphatic rings. The van der Waals surface area contributed by atoms with Crippen LogP contribution in [0.3, 0.4) is 0 Å². The standard InChI is InChI=1S/C28H23ClF2O4/c1-4-33-27-23(17-6-10-19(30)11-7-17)21-14-15-22(29)26(35-16(3)32)25(21)24(28(27)34-5-2)18-8-12-20(31)13-9-18/h6-15H,4-5H2,1-3H3. The molecule has 0 saturated heterocycles. The van der Waals surface area contributed by atoms with Crippen molar-refractivity contribution in [3.63, 3.8) is 0 Å². The lowest BCUT2D eigenvalue weighted by molar-refractivity contribution is -0.131. The zero-order chi connectivity index (χ0) is 25.1. The van der Waals surface area contributed by atoms with E-state index in [2.05, 4.69) is 0 Å². The first-order valence-electron chi connectivity index (χ1n) is 11.1. The molecular weight excluding hydrogens is 474 g/mol. The van der Waals surface area contributed by atoms with Crippen LogP contribution in [-0.2, 0) is 4.79 Å². The summed E-state index contributed by atoms with van der Waals surface area (Å²) in [6, 6.07) is 15.3. The average molecular weight is 497 g/mol. The predicted molar refractivity (Wildman–Crippen MR) is 133 cm³/mol. The number of fused-ring (bicyclic) bond motifs is 1. The Bertz CT molecular complexity index is 1380. The van der Waals surface area contributed by atoms with Crippen LogP contribution in [-0.4, -0.2) is 19.2 Å². The zero-order valence-corrected chi connectivity index (χ0v) is 20.2. The Morgan fingerprint density at radius 3 is 1.71 bits per heavy atom. The highest BCUT2D eigenvalue weighted by Crippen LogP contribution is 2.54. The second kappa shape index (κ2) is 10.3. The highest BCUT2D eigenvalue weighted by atomic mass is 35.5. The number of benzene rings is 4. The molecule has 4 aromatic carbocycles. The Morgan fingerprint density at radius 1 is 0.743 bits per heavy atom. The fraction of sp³-hybridized carbons (Fsp3) is 0.179. The maximum Gasteiger partial charge on any atom is 0.308 e. The minimum atomic E-state index is -0.556. The average Bonchev–Trinajstić information content (AvgIpc) is 2.83. The topological polar surface area (TPSA) is 44.8 Å². The highest BCUT2D eigenvalue weighted by molar-refractivity contribution is 6.34. The molecule has 0 radical (unpaired) electrons. The van der Waals surface area contributed by atoms with E-state index in [0.29, 0.717) is 57.7 Å². The maximum atomic E-state index is 13.8. The summed E-state index contributed by atoms with van der Waals surface area (Å²) in [6.45, 7) is 5.58. The molecule has 0 atom stereocenters. The van der Waals surface area contributed by atoms with Crippen molar-refractivity contribution in [2.75, 3.05) is 13.2 Å². The van der Waals surface area contributed by atoms with Gasteiger partial charge in [0, 0.05) is 23.4 Å². The van der Waals surface area contributed by atoms with Crippen molar-refractivity contribution in [2.45, 2.75) is 20.8 Å². The number of hydrogen-bond donors (Lipinski definition) is 0. The Morgan fingerprint density at radius 2 is 1.23 bits per heavy atom. The van der Waals surface area contributed by atoms with Gasteiger partial charge in [-0.25, -0.2) is 8.78 Å². The molecule has 0 aromatic heterocycles. The number of halogens is 3. The molecule has 0 N–H and O–H groups in total. The zero-order valence-electron chi connectivity index (χ0n) is 19.5. The molecule has 0 amide bonds. The summed E-state index contributed by atoms with van der Waals surface area (Å²) < 4.78 is 45.4. The van der Waals surface area contributed by atoms with Gasteiger partial charge in [0.2, 0.25) is 0 Å². The molecule has 35 heavy (non-hydrogen) atoms. The van der Waals surface area contributed by atoms with Gasteiger partial charge in [-0.1, -0.05) is 41.9 Å². The fourth-order valence-electron chi connectivity index (χ4n) is 4.08. The Hall–Kier alpha value is -3.64. The van der Waals surface area contributed by atoms with E-state index in [1.54, 1.807) is 36.4 Å². The van der Waals surface area contributed by atoms with E-state index < -0.39 is 11.8 Å². The summed E-state index contributed by atoms with van der Waals surface area (Å²) in [6.07, 6.45) is 0. The Labute approximate surface area is 207 Å². The van der Waals surface area contributed by atoms with Crippen LogP contribution in [0.15, 0.2) is 60.7 Å². The summed E-state index contributed by atoms with van der Waals surface area (Å²) in [5, 5.41) is 1.35. The van der Waals surface area contributed by atoms with Crippen molar-refractivity contribution < 1.29 is 27.8 Å². The third kappa shape index (κ3) is 4.80. The largest absolute Gasteiger partial charge is 0.489 e. The SMILES string of the molecule is CCOc1c(OCC)c(-c2ccc(F)cc2)c2c(OC(C)=O)c(Cl)ccc2c1-c1ccc(F)cc1. The van der Waals surface area contributed by atoms with E-state index in [0.717, 1.165) is 0 Å². The second-order valence-electron chi connectivity index (χ2n) is 7.68. The summed E-state index contributed by atoms with van der Waals surface area (Å²) >= 11 is 6.52. The molecule has 0 heterocycles. The first kappa shape index (κ1) is 24.5. The normalized spacial score (nSPS) is 10.9. The molecule has 4 nitrogen and oxygen atoms in total. The molecule has 0 saturated carbocycles. The molecule has 4 aromatic rings. The third-order valence-electron chi connectivity index (χ3n) is 5.38. The van der Waals surface area contributed by atoms with Gasteiger partial charge < -0.3 is 14.2 Å². The Balaban J connectivity index is 2.26. The lowest BCUT2D eigenvalue weighted by Crippen LogP contribution is -2.06. The van der Waals surface area contributed by atoms with E-state index in [1.165, 1.54) is 31.2 Å². The molecule has 7 heteroatoms. The van der Waals surface area contributed by atoms with Crippen LogP contribution in [0, 0.1) is 11.6 Å². The summed E-state index contributed by atoms with van der Waals surface area (Å²) in [7, 11) is 0. The molecule has 0 unspecified atom stereocenters. The maximum absolute atomic E-state index is 13.8. The second-order valence-corrected chi connectivity index (χ2v) is 8.09. The van der Waals surface area contributed by atoms with E-state index in [9.17, 15) is 13.6 Å². The van der Waals surface area contributed by atoms with E-state index in [1.807, 2.05) is 13.8 Å². The van der Waals surface area contributed by atoms with Gasteiger partial charge in [0.15, 0.2) is 17.2 Å². The van der Waals surface area contributed by atoms with E-state index >= 15 is 0 Å². The van der Waals surface area contributed by atoms with Gasteiger partial charge in [-0.3, -0.25) is 4.79 Å². The van der Waals surface area contributed by atoms with Crippen LogP contribution in [0.4, 0.5) is 8.78 Å². The van der Waals surface area contributed by atoms with Gasteiger partial charge in [-0.15, -0.1) is 0 Å². The first-order chi connectivity index (χ1) is 16.8. The Kier molecular flexibility index (Phi) is 7.22. The molecule has 0 aliphatic carbocycles. The predicted octanol–water partition coefficient (Wildman–Crippen LogP) is 7.83. The quantitative estimate of drug-likeness (QED) is 0.193. The monoisotopic (exact) mass is 496 g/mol. The minimum Gasteiger partial charge on any atom is -0.489 e. The summed E-state index contributed by atoms with van der Waals surface area (Å²) in [5.41, 5.74) is 2.45. The number of ether oxygens (including phenoxy) is 3. The van der Waals surface area contributed by atoms with E-state index in [4.69, 9.17) is 25.8 Å². The minimum absolute atomic E-state index is 0.142. The van der Waals surface area contributed by atoms with E-state index in [-0.39, 0.29) is 16.6 Å². The number of hydrogen-bond acceptors (Lipinski definition) is 4. The van der Waals surface area contributed by atoms with Gasteiger partial charge in [0.25, 0.3) is 0 Å². The molecular formula is C28H23ClF2O4. The lowest BCUT2D eigenvalue weighted by Gasteiger charge is -2.24. The van der Waals surface area contributed by atoms with Crippen molar-refractivity contribution in [1.82, 2.24) is 0 Å². The molecule has 4 rings (SSSR count). The molecule has 180 valence electrons. The summed E-state index contributed by atoms with van der Waals surface area (Å²) in [5.74, 6) is -0.384. The fourth-order valence-corrected chi connectivity index (χ4v) is 4.28. The smallest absolute Gasteiger partial charge is 0.308 e. The van der Waals surface area contributed by atoms with Crippen molar-refractivity contribution in [3.05, 3.63) is 77.3 Å². The van der Waals surface area contributed by atoms with Crippen molar-refractivity contribution in [1.29, 1.82) is 0 Å². The number of carbonyl (C=O) groups is 1. The third-order valence-corrected chi connectivity index (χ3v) is 5.68. The van der Waals surface area contributed by atoms with Crippen LogP contribution in [0.1, 0.15) is 20.8 Å². The van der Waals surface area contributed by atoms with Gasteiger partial charge in [-0.2, -0.15) is 0 Å².